The molecule has 0 aliphatic rings. The van der Waals surface area contributed by atoms with Crippen LogP contribution in [0, 0.1) is 10.1 Å². The van der Waals surface area contributed by atoms with E-state index in [9.17, 15) is 28.1 Å². The van der Waals surface area contributed by atoms with Gasteiger partial charge in [0.1, 0.15) is 5.56 Å². The van der Waals surface area contributed by atoms with Crippen molar-refractivity contribution in [2.24, 2.45) is 0 Å². The lowest BCUT2D eigenvalue weighted by Gasteiger charge is -2.12. The minimum absolute atomic E-state index is 0.320. The van der Waals surface area contributed by atoms with Crippen LogP contribution in [0.4, 0.5) is 18.9 Å². The Labute approximate surface area is 102 Å². The van der Waals surface area contributed by atoms with E-state index in [0.29, 0.717) is 0 Å². The third-order valence-electron chi connectivity index (χ3n) is 1.97. The van der Waals surface area contributed by atoms with Crippen LogP contribution < -0.4 is 0 Å². The number of halogens is 4. The smallest absolute Gasteiger partial charge is 0.294 e. The lowest BCUT2D eigenvalue weighted by atomic mass is 10.0. The third kappa shape index (κ3) is 2.63. The lowest BCUT2D eigenvalue weighted by molar-refractivity contribution is -0.388. The van der Waals surface area contributed by atoms with E-state index >= 15 is 0 Å². The highest BCUT2D eigenvalue weighted by molar-refractivity contribution is 9.10. The third-order valence-corrected chi connectivity index (χ3v) is 2.61. The highest BCUT2D eigenvalue weighted by atomic mass is 79.9. The van der Waals surface area contributed by atoms with Crippen LogP contribution in [-0.4, -0.2) is 10.7 Å². The maximum Gasteiger partial charge on any atom is 0.423 e. The molecule has 0 amide bonds. The van der Waals surface area contributed by atoms with Gasteiger partial charge in [0.25, 0.3) is 5.69 Å². The minimum atomic E-state index is -4.97. The Kier molecular flexibility index (Phi) is 3.56. The molecule has 4 nitrogen and oxygen atoms in total. The van der Waals surface area contributed by atoms with Crippen LogP contribution in [0.5, 0.6) is 0 Å². The van der Waals surface area contributed by atoms with Gasteiger partial charge in [-0.1, -0.05) is 0 Å². The van der Waals surface area contributed by atoms with Crippen LogP contribution in [-0.2, 0) is 6.18 Å². The molecule has 0 radical (unpaired) electrons. The summed E-state index contributed by atoms with van der Waals surface area (Å²) in [6.45, 7) is 0.919. The van der Waals surface area contributed by atoms with Gasteiger partial charge >= 0.3 is 6.18 Å². The van der Waals surface area contributed by atoms with Gasteiger partial charge in [-0.05, 0) is 35.0 Å². The highest BCUT2D eigenvalue weighted by Crippen LogP contribution is 2.42. The zero-order valence-corrected chi connectivity index (χ0v) is 9.92. The van der Waals surface area contributed by atoms with E-state index < -0.39 is 33.7 Å². The summed E-state index contributed by atoms with van der Waals surface area (Å²) in [5.41, 5.74) is -3.39. The Morgan fingerprint density at radius 3 is 2.29 bits per heavy atom. The van der Waals surface area contributed by atoms with Crippen LogP contribution in [0.25, 0.3) is 0 Å². The van der Waals surface area contributed by atoms with Crippen molar-refractivity contribution in [3.63, 3.8) is 0 Å². The van der Waals surface area contributed by atoms with E-state index in [4.69, 9.17) is 0 Å². The maximum absolute atomic E-state index is 12.7. The lowest BCUT2D eigenvalue weighted by Crippen LogP contribution is -2.15. The summed E-state index contributed by atoms with van der Waals surface area (Å²) in [5.74, 6) is -0.882. The average molecular weight is 312 g/mol. The SMILES string of the molecule is CC(=O)c1ccc(Br)c([N+](=O)[O-])c1C(F)(F)F. The van der Waals surface area contributed by atoms with Crippen molar-refractivity contribution < 1.29 is 22.9 Å². The Morgan fingerprint density at radius 1 is 1.41 bits per heavy atom. The van der Waals surface area contributed by atoms with Crippen molar-refractivity contribution >= 4 is 27.4 Å². The van der Waals surface area contributed by atoms with Crippen molar-refractivity contribution in [1.82, 2.24) is 0 Å². The second-order valence-corrected chi connectivity index (χ2v) is 3.98. The molecule has 0 aromatic heterocycles. The molecule has 0 spiro atoms. The predicted octanol–water partition coefficient (Wildman–Crippen LogP) is 3.58. The molecule has 0 N–H and O–H groups in total. The number of nitrogens with zero attached hydrogens (tertiary/aromatic N) is 1. The van der Waals surface area contributed by atoms with Gasteiger partial charge in [-0.15, -0.1) is 0 Å². The highest BCUT2D eigenvalue weighted by Gasteiger charge is 2.43. The Balaban J connectivity index is 3.75. The number of alkyl halides is 3. The molecule has 17 heavy (non-hydrogen) atoms. The van der Waals surface area contributed by atoms with Crippen molar-refractivity contribution in [3.8, 4) is 0 Å². The molecule has 0 saturated carbocycles. The van der Waals surface area contributed by atoms with Crippen molar-refractivity contribution in [2.45, 2.75) is 13.1 Å². The molecule has 1 aromatic rings. The van der Waals surface area contributed by atoms with E-state index in [-0.39, 0.29) is 4.47 Å². The van der Waals surface area contributed by atoms with Gasteiger partial charge in [-0.25, -0.2) is 0 Å². The number of nitro groups is 1. The number of nitro benzene ring substituents is 1. The second kappa shape index (κ2) is 4.44. The molecule has 8 heteroatoms. The molecule has 1 rings (SSSR count). The summed E-state index contributed by atoms with van der Waals surface area (Å²) < 4.78 is 37.9. The maximum atomic E-state index is 12.7. The Hall–Kier alpha value is -1.44. The number of hydrogen-bond donors (Lipinski definition) is 0. The van der Waals surface area contributed by atoms with Crippen molar-refractivity contribution in [2.75, 3.05) is 0 Å². The summed E-state index contributed by atoms with van der Waals surface area (Å²) in [5, 5.41) is 10.6. The molecular weight excluding hydrogens is 307 g/mol. The summed E-state index contributed by atoms with van der Waals surface area (Å²) in [4.78, 5) is 20.5. The topological polar surface area (TPSA) is 60.2 Å². The van der Waals surface area contributed by atoms with Gasteiger partial charge in [-0.3, -0.25) is 14.9 Å². The summed E-state index contributed by atoms with van der Waals surface area (Å²) in [6, 6.07) is 1.95. The number of hydrogen-bond acceptors (Lipinski definition) is 3. The van der Waals surface area contributed by atoms with Gasteiger partial charge in [-0.2, -0.15) is 13.2 Å². The molecule has 0 aliphatic carbocycles. The standard InChI is InChI=1S/C9H5BrF3NO3/c1-4(15)5-2-3-6(10)8(14(16)17)7(5)9(11,12)13/h2-3H,1H3. The van der Waals surface area contributed by atoms with Crippen LogP contribution in [0.15, 0.2) is 16.6 Å². The molecule has 0 heterocycles. The Bertz CT molecular complexity index is 499. The summed E-state index contributed by atoms with van der Waals surface area (Å²) >= 11 is 2.67. The first-order valence-electron chi connectivity index (χ1n) is 4.21. The molecule has 0 atom stereocenters. The van der Waals surface area contributed by atoms with Crippen LogP contribution in [0.3, 0.4) is 0 Å². The number of benzene rings is 1. The van der Waals surface area contributed by atoms with Gasteiger partial charge in [0.05, 0.1) is 9.40 Å². The number of rotatable bonds is 2. The molecule has 0 aliphatic heterocycles. The second-order valence-electron chi connectivity index (χ2n) is 3.13. The van der Waals surface area contributed by atoms with E-state index in [1.807, 2.05) is 0 Å². The first kappa shape index (κ1) is 13.6. The quantitative estimate of drug-likeness (QED) is 0.476. The fourth-order valence-corrected chi connectivity index (χ4v) is 1.80. The van der Waals surface area contributed by atoms with Crippen LogP contribution in [0.2, 0.25) is 0 Å². The van der Waals surface area contributed by atoms with Crippen LogP contribution >= 0.6 is 15.9 Å². The number of Topliss-reactive ketones (excluding diaryl/α,β-unsaturated/α-hetero) is 1. The van der Waals surface area contributed by atoms with Gasteiger partial charge in [0.2, 0.25) is 0 Å². The van der Waals surface area contributed by atoms with Gasteiger partial charge in [0, 0.05) is 5.56 Å². The molecule has 0 fully saturated rings. The van der Waals surface area contributed by atoms with Crippen molar-refractivity contribution in [1.29, 1.82) is 0 Å². The first-order chi connectivity index (χ1) is 7.66. The van der Waals surface area contributed by atoms with E-state index in [2.05, 4.69) is 15.9 Å². The number of carbonyl (C=O) groups excluding carboxylic acids is 1. The molecule has 0 bridgehead atoms. The molecule has 92 valence electrons. The molecule has 1 aromatic carbocycles. The fourth-order valence-electron chi connectivity index (χ4n) is 1.32. The van der Waals surface area contributed by atoms with E-state index in [0.717, 1.165) is 19.1 Å². The zero-order chi connectivity index (χ0) is 13.4. The average Bonchev–Trinajstić information content (AvgIpc) is 2.14. The largest absolute Gasteiger partial charge is 0.423 e. The Morgan fingerprint density at radius 2 is 1.94 bits per heavy atom. The fraction of sp³-hybridized carbons (Fsp3) is 0.222. The van der Waals surface area contributed by atoms with E-state index in [1.165, 1.54) is 0 Å². The monoisotopic (exact) mass is 311 g/mol. The van der Waals surface area contributed by atoms with E-state index in [1.54, 1.807) is 0 Å². The first-order valence-corrected chi connectivity index (χ1v) is 5.00. The van der Waals surface area contributed by atoms with Crippen LogP contribution in [0.1, 0.15) is 22.8 Å². The van der Waals surface area contributed by atoms with Gasteiger partial charge < -0.3 is 0 Å². The predicted molar refractivity (Wildman–Crippen MR) is 55.8 cm³/mol. The number of carbonyl (C=O) groups is 1. The molecular formula is C9H5BrF3NO3. The summed E-state index contributed by atoms with van der Waals surface area (Å²) in [7, 11) is 0. The molecule has 0 saturated heterocycles. The minimum Gasteiger partial charge on any atom is -0.294 e. The summed E-state index contributed by atoms with van der Waals surface area (Å²) in [6.07, 6.45) is -4.97. The normalized spacial score (nSPS) is 11.4. The van der Waals surface area contributed by atoms with Gasteiger partial charge in [0.15, 0.2) is 5.78 Å². The number of ketones is 1. The van der Waals surface area contributed by atoms with Crippen molar-refractivity contribution in [3.05, 3.63) is 37.8 Å². The zero-order valence-electron chi connectivity index (χ0n) is 8.34. The molecule has 0 unspecified atom stereocenters.